The van der Waals surface area contributed by atoms with Gasteiger partial charge in [0.1, 0.15) is 30.0 Å². The van der Waals surface area contributed by atoms with Crippen molar-refractivity contribution in [3.05, 3.63) is 94.3 Å². The fraction of sp³-hybridized carbons (Fsp3) is 0.208. The SMILES string of the molecule is O=C(Cn1c(Cl)cnc(NCC(F)(F)c2ccccn2)c1=O)NCc1ccccc1-n1cnnc1.O=C(O)C(F)(F)F. The number of carboxylic acids is 1. The van der Waals surface area contributed by atoms with Gasteiger partial charge in [-0.1, -0.05) is 35.9 Å². The topological polar surface area (TPSA) is 157 Å². The van der Waals surface area contributed by atoms with Crippen LogP contribution in [0.2, 0.25) is 5.15 Å². The summed E-state index contributed by atoms with van der Waals surface area (Å²) in [7, 11) is 0. The summed E-state index contributed by atoms with van der Waals surface area (Å²) in [5.74, 6) is -6.98. The maximum absolute atomic E-state index is 14.4. The molecule has 1 amide bonds. The van der Waals surface area contributed by atoms with Crippen molar-refractivity contribution in [3.8, 4) is 5.69 Å². The number of anilines is 1. The lowest BCUT2D eigenvalue weighted by molar-refractivity contribution is -0.192. The summed E-state index contributed by atoms with van der Waals surface area (Å²) in [6, 6.07) is 11.5. The second-order valence-corrected chi connectivity index (χ2v) is 8.56. The normalized spacial score (nSPS) is 11.3. The van der Waals surface area contributed by atoms with Crippen molar-refractivity contribution >= 4 is 29.3 Å². The number of pyridine rings is 1. The first-order valence-electron chi connectivity index (χ1n) is 11.6. The molecule has 0 aliphatic carbocycles. The summed E-state index contributed by atoms with van der Waals surface area (Å²) in [6.07, 6.45) is 0.338. The minimum atomic E-state index is -5.08. The number of aliphatic carboxylic acids is 1. The molecule has 3 heterocycles. The predicted octanol–water partition coefficient (Wildman–Crippen LogP) is 3.03. The van der Waals surface area contributed by atoms with Gasteiger partial charge >= 0.3 is 18.1 Å². The lowest BCUT2D eigenvalue weighted by Crippen LogP contribution is -2.35. The van der Waals surface area contributed by atoms with Crippen molar-refractivity contribution in [1.29, 1.82) is 0 Å². The number of aromatic nitrogens is 6. The van der Waals surface area contributed by atoms with E-state index in [1.54, 1.807) is 4.57 Å². The van der Waals surface area contributed by atoms with Crippen LogP contribution in [-0.2, 0) is 28.6 Å². The van der Waals surface area contributed by atoms with Crippen LogP contribution in [0.3, 0.4) is 0 Å². The lowest BCUT2D eigenvalue weighted by Gasteiger charge is -2.17. The number of benzene rings is 1. The van der Waals surface area contributed by atoms with Gasteiger partial charge in [0, 0.05) is 12.7 Å². The van der Waals surface area contributed by atoms with Gasteiger partial charge in [-0.05, 0) is 23.8 Å². The molecule has 3 N–H and O–H groups in total. The number of para-hydroxylation sites is 1. The molecule has 4 rings (SSSR count). The highest BCUT2D eigenvalue weighted by Gasteiger charge is 2.38. The molecule has 0 aliphatic rings. The summed E-state index contributed by atoms with van der Waals surface area (Å²) < 4.78 is 63.2. The van der Waals surface area contributed by atoms with Crippen LogP contribution in [0.25, 0.3) is 5.69 Å². The fourth-order valence-corrected chi connectivity index (χ4v) is 3.42. The number of carboxylic acid groups (broad SMARTS) is 1. The Hall–Kier alpha value is -4.93. The van der Waals surface area contributed by atoms with Gasteiger partial charge in [0.25, 0.3) is 5.56 Å². The first-order valence-corrected chi connectivity index (χ1v) is 12.0. The van der Waals surface area contributed by atoms with Crippen LogP contribution in [0.1, 0.15) is 11.3 Å². The number of halogens is 6. The predicted molar refractivity (Wildman–Crippen MR) is 137 cm³/mol. The fourth-order valence-electron chi connectivity index (χ4n) is 3.23. The van der Waals surface area contributed by atoms with E-state index >= 15 is 0 Å². The quantitative estimate of drug-likeness (QED) is 0.241. The minimum Gasteiger partial charge on any atom is -0.475 e. The van der Waals surface area contributed by atoms with E-state index < -0.39 is 48.3 Å². The number of hydrogen-bond acceptors (Lipinski definition) is 8. The Kier molecular flexibility index (Phi) is 10.2. The summed E-state index contributed by atoms with van der Waals surface area (Å²) in [4.78, 5) is 41.7. The Labute approximate surface area is 237 Å². The Balaban J connectivity index is 0.000000616. The van der Waals surface area contributed by atoms with Crippen molar-refractivity contribution in [2.45, 2.75) is 25.2 Å². The highest BCUT2D eigenvalue weighted by atomic mass is 35.5. The molecule has 42 heavy (non-hydrogen) atoms. The summed E-state index contributed by atoms with van der Waals surface area (Å²) in [6.45, 7) is -1.19. The van der Waals surface area contributed by atoms with Crippen molar-refractivity contribution in [2.75, 3.05) is 11.9 Å². The number of nitrogens with one attached hydrogen (secondary N) is 2. The van der Waals surface area contributed by atoms with E-state index in [1.807, 2.05) is 24.3 Å². The van der Waals surface area contributed by atoms with E-state index in [2.05, 4.69) is 30.8 Å². The van der Waals surface area contributed by atoms with Crippen molar-refractivity contribution in [1.82, 2.24) is 34.6 Å². The van der Waals surface area contributed by atoms with Crippen molar-refractivity contribution < 1.29 is 36.6 Å². The van der Waals surface area contributed by atoms with Gasteiger partial charge in [0.2, 0.25) is 5.91 Å². The molecule has 4 aromatic rings. The smallest absolute Gasteiger partial charge is 0.475 e. The van der Waals surface area contributed by atoms with E-state index in [4.69, 9.17) is 21.5 Å². The van der Waals surface area contributed by atoms with Crippen LogP contribution in [0.15, 0.2) is 72.3 Å². The van der Waals surface area contributed by atoms with E-state index in [-0.39, 0.29) is 17.5 Å². The van der Waals surface area contributed by atoms with E-state index in [9.17, 15) is 31.5 Å². The first-order chi connectivity index (χ1) is 19.8. The van der Waals surface area contributed by atoms with Crippen LogP contribution < -0.4 is 16.2 Å². The Morgan fingerprint density at radius 2 is 1.62 bits per heavy atom. The molecule has 12 nitrogen and oxygen atoms in total. The zero-order valence-corrected chi connectivity index (χ0v) is 21.9. The molecule has 0 fully saturated rings. The van der Waals surface area contributed by atoms with Gasteiger partial charge in [0.05, 0.1) is 18.4 Å². The summed E-state index contributed by atoms with van der Waals surface area (Å²) >= 11 is 6.06. The van der Waals surface area contributed by atoms with Crippen molar-refractivity contribution in [2.24, 2.45) is 0 Å². The Morgan fingerprint density at radius 1 is 0.976 bits per heavy atom. The maximum atomic E-state index is 14.4. The number of rotatable bonds is 9. The summed E-state index contributed by atoms with van der Waals surface area (Å²) in [5.41, 5.74) is 0.299. The third-order valence-corrected chi connectivity index (χ3v) is 5.53. The molecule has 18 heteroatoms. The lowest BCUT2D eigenvalue weighted by atomic mass is 10.1. The molecular formula is C24H20ClF5N8O4. The second-order valence-electron chi connectivity index (χ2n) is 8.17. The number of hydrogen-bond donors (Lipinski definition) is 3. The van der Waals surface area contributed by atoms with Crippen LogP contribution >= 0.6 is 11.6 Å². The van der Waals surface area contributed by atoms with Gasteiger partial charge in [0.15, 0.2) is 5.82 Å². The van der Waals surface area contributed by atoms with Gasteiger partial charge in [-0.15, -0.1) is 10.2 Å². The van der Waals surface area contributed by atoms with Gasteiger partial charge < -0.3 is 15.7 Å². The van der Waals surface area contributed by atoms with E-state index in [0.29, 0.717) is 0 Å². The third-order valence-electron chi connectivity index (χ3n) is 5.23. The second kappa shape index (κ2) is 13.6. The molecule has 0 aliphatic heterocycles. The number of carbonyl (C=O) groups is 2. The Morgan fingerprint density at radius 3 is 2.24 bits per heavy atom. The first kappa shape index (κ1) is 31.6. The number of alkyl halides is 5. The summed E-state index contributed by atoms with van der Waals surface area (Å²) in [5, 5.41) is 19.6. The van der Waals surface area contributed by atoms with Crippen LogP contribution in [0.5, 0.6) is 0 Å². The molecule has 3 aromatic heterocycles. The zero-order valence-electron chi connectivity index (χ0n) is 21.1. The standard InChI is InChI=1S/C22H19ClF2N8O2.C2HF3O2/c23-18-10-28-20(29-12-22(24,25)17-7-3-4-8-26-17)21(35)33(18)11-19(34)27-9-15-5-1-2-6-16(15)32-13-30-31-14-32;3-2(4,5)1(6)7/h1-8,10,13-14H,9,11-12H2,(H,27,34)(H,28,29);(H,6,7). The minimum absolute atomic E-state index is 0.114. The molecule has 222 valence electrons. The molecule has 0 saturated carbocycles. The molecule has 0 atom stereocenters. The monoisotopic (exact) mass is 614 g/mol. The van der Waals surface area contributed by atoms with Gasteiger partial charge in [-0.3, -0.25) is 23.7 Å². The Bertz CT molecular complexity index is 1570. The number of nitrogens with zero attached hydrogens (tertiary/aromatic N) is 6. The van der Waals surface area contributed by atoms with Gasteiger partial charge in [-0.2, -0.15) is 22.0 Å². The average Bonchev–Trinajstić information content (AvgIpc) is 3.49. The number of carbonyl (C=O) groups excluding carboxylic acids is 1. The van der Waals surface area contributed by atoms with Gasteiger partial charge in [-0.25, -0.2) is 9.78 Å². The highest BCUT2D eigenvalue weighted by molar-refractivity contribution is 6.29. The average molecular weight is 615 g/mol. The molecular weight excluding hydrogens is 595 g/mol. The molecule has 0 saturated heterocycles. The van der Waals surface area contributed by atoms with Crippen molar-refractivity contribution in [3.63, 3.8) is 0 Å². The van der Waals surface area contributed by atoms with Crippen LogP contribution in [0, 0.1) is 0 Å². The molecule has 1 aromatic carbocycles. The highest BCUT2D eigenvalue weighted by Crippen LogP contribution is 2.25. The zero-order chi connectivity index (χ0) is 30.9. The van der Waals surface area contributed by atoms with E-state index in [0.717, 1.165) is 22.0 Å². The number of amides is 1. The largest absolute Gasteiger partial charge is 0.490 e. The van der Waals surface area contributed by atoms with E-state index in [1.165, 1.54) is 37.1 Å². The van der Waals surface area contributed by atoms with Crippen LogP contribution in [-0.4, -0.2) is 59.0 Å². The molecule has 0 bridgehead atoms. The molecule has 0 radical (unpaired) electrons. The molecule has 0 unspecified atom stereocenters. The maximum Gasteiger partial charge on any atom is 0.490 e. The molecule has 0 spiro atoms. The van der Waals surface area contributed by atoms with Crippen LogP contribution in [0.4, 0.5) is 27.8 Å². The third kappa shape index (κ3) is 8.53.